The molecule has 2 heterocycles. The van der Waals surface area contributed by atoms with Crippen molar-refractivity contribution in [2.75, 3.05) is 18.8 Å². The molecule has 1 atom stereocenters. The third-order valence-corrected chi connectivity index (χ3v) is 6.34. The fraction of sp³-hybridized carbons (Fsp3) is 0.545. The fourth-order valence-electron chi connectivity index (χ4n) is 1.82. The van der Waals surface area contributed by atoms with Crippen molar-refractivity contribution in [2.24, 2.45) is 0 Å². The third-order valence-electron chi connectivity index (χ3n) is 2.89. The van der Waals surface area contributed by atoms with E-state index >= 15 is 0 Å². The van der Waals surface area contributed by atoms with Crippen molar-refractivity contribution >= 4 is 33.4 Å². The lowest BCUT2D eigenvalue weighted by Gasteiger charge is -2.30. The molecule has 2 rings (SSSR count). The molecule has 18 heavy (non-hydrogen) atoms. The highest BCUT2D eigenvalue weighted by molar-refractivity contribution is 8.00. The Kier molecular flexibility index (Phi) is 4.53. The van der Waals surface area contributed by atoms with Crippen LogP contribution in [0.4, 0.5) is 0 Å². The predicted molar refractivity (Wildman–Crippen MR) is 74.5 cm³/mol. The van der Waals surface area contributed by atoms with Gasteiger partial charge < -0.3 is 0 Å². The second kappa shape index (κ2) is 5.77. The molecule has 0 bridgehead atoms. The van der Waals surface area contributed by atoms with E-state index in [0.717, 1.165) is 12.2 Å². The van der Waals surface area contributed by atoms with Gasteiger partial charge in [-0.25, -0.2) is 13.4 Å². The Morgan fingerprint density at radius 2 is 2.33 bits per heavy atom. The molecule has 0 N–H and O–H groups in total. The number of nitrogens with zero attached hydrogens (tertiary/aromatic N) is 2. The van der Waals surface area contributed by atoms with Crippen LogP contribution in [-0.4, -0.2) is 41.8 Å². The van der Waals surface area contributed by atoms with E-state index in [9.17, 15) is 8.42 Å². The monoisotopic (exact) mass is 306 g/mol. The maximum atomic E-state index is 12.4. The molecule has 1 saturated heterocycles. The van der Waals surface area contributed by atoms with Gasteiger partial charge >= 0.3 is 0 Å². The van der Waals surface area contributed by atoms with Crippen LogP contribution in [0.5, 0.6) is 0 Å². The van der Waals surface area contributed by atoms with E-state index in [1.165, 1.54) is 18.3 Å². The summed E-state index contributed by atoms with van der Waals surface area (Å²) < 4.78 is 26.3. The van der Waals surface area contributed by atoms with E-state index in [1.54, 1.807) is 4.31 Å². The van der Waals surface area contributed by atoms with Crippen LogP contribution in [0.25, 0.3) is 0 Å². The number of aromatic nitrogens is 1. The first-order valence-electron chi connectivity index (χ1n) is 5.77. The first-order valence-corrected chi connectivity index (χ1v) is 8.64. The zero-order valence-electron chi connectivity index (χ0n) is 10.0. The lowest BCUT2D eigenvalue weighted by molar-refractivity contribution is 0.416. The highest BCUT2D eigenvalue weighted by Crippen LogP contribution is 2.26. The predicted octanol–water partition coefficient (Wildman–Crippen LogP) is 2.25. The number of hydrogen-bond donors (Lipinski definition) is 0. The van der Waals surface area contributed by atoms with Crippen molar-refractivity contribution in [1.29, 1.82) is 0 Å². The normalized spacial score (nSPS) is 22.0. The molecule has 0 aromatic carbocycles. The average molecular weight is 307 g/mol. The topological polar surface area (TPSA) is 50.3 Å². The van der Waals surface area contributed by atoms with Crippen LogP contribution in [0.1, 0.15) is 13.3 Å². The molecule has 0 radical (unpaired) electrons. The molecule has 1 fully saturated rings. The van der Waals surface area contributed by atoms with Gasteiger partial charge in [0.05, 0.1) is 0 Å². The van der Waals surface area contributed by atoms with Gasteiger partial charge in [0.15, 0.2) is 0 Å². The first-order chi connectivity index (χ1) is 8.54. The minimum atomic E-state index is -3.42. The van der Waals surface area contributed by atoms with Gasteiger partial charge in [-0.1, -0.05) is 18.5 Å². The number of thioether (sulfide) groups is 1. The molecule has 0 spiro atoms. The zero-order valence-corrected chi connectivity index (χ0v) is 12.4. The van der Waals surface area contributed by atoms with Gasteiger partial charge in [0.25, 0.3) is 0 Å². The Morgan fingerprint density at radius 1 is 1.56 bits per heavy atom. The van der Waals surface area contributed by atoms with Crippen LogP contribution in [0.3, 0.4) is 0 Å². The summed E-state index contributed by atoms with van der Waals surface area (Å²) in [6.45, 7) is 3.22. The van der Waals surface area contributed by atoms with Gasteiger partial charge in [0.2, 0.25) is 10.0 Å². The molecule has 1 aromatic heterocycles. The summed E-state index contributed by atoms with van der Waals surface area (Å²) in [5.41, 5.74) is 0. The van der Waals surface area contributed by atoms with Crippen molar-refractivity contribution in [2.45, 2.75) is 23.5 Å². The lowest BCUT2D eigenvalue weighted by Crippen LogP contribution is -2.41. The zero-order chi connectivity index (χ0) is 13.2. The van der Waals surface area contributed by atoms with E-state index in [2.05, 4.69) is 11.9 Å². The molecule has 0 aliphatic carbocycles. The molecular weight excluding hydrogens is 292 g/mol. The van der Waals surface area contributed by atoms with Crippen LogP contribution in [0, 0.1) is 0 Å². The van der Waals surface area contributed by atoms with Crippen LogP contribution >= 0.6 is 23.4 Å². The molecule has 1 aliphatic heterocycles. The molecule has 7 heteroatoms. The lowest BCUT2D eigenvalue weighted by atomic mass is 10.3. The maximum Gasteiger partial charge on any atom is 0.244 e. The van der Waals surface area contributed by atoms with Gasteiger partial charge in [-0.15, -0.1) is 0 Å². The van der Waals surface area contributed by atoms with E-state index in [0.29, 0.717) is 23.5 Å². The summed E-state index contributed by atoms with van der Waals surface area (Å²) in [6, 6.07) is 3.01. The van der Waals surface area contributed by atoms with Crippen molar-refractivity contribution in [3.05, 3.63) is 23.5 Å². The maximum absolute atomic E-state index is 12.4. The van der Waals surface area contributed by atoms with Crippen molar-refractivity contribution in [3.8, 4) is 0 Å². The standard InChI is InChI=1S/C11H15ClN2O2S2/c1-2-9-8-14(5-6-17-9)18(15,16)10-3-4-11(12)13-7-10/h3-4,7,9H,2,5-6,8H2,1H3. The SMILES string of the molecule is CCC1CN(S(=O)(=O)c2ccc(Cl)nc2)CCS1. The Balaban J connectivity index is 2.22. The second-order valence-corrected chi connectivity index (χ2v) is 7.81. The van der Waals surface area contributed by atoms with Crippen molar-refractivity contribution < 1.29 is 8.42 Å². The highest BCUT2D eigenvalue weighted by atomic mass is 35.5. The van der Waals surface area contributed by atoms with Crippen LogP contribution in [-0.2, 0) is 10.0 Å². The Bertz CT molecular complexity index is 504. The van der Waals surface area contributed by atoms with Gasteiger partial charge in [-0.2, -0.15) is 16.1 Å². The van der Waals surface area contributed by atoms with E-state index in [4.69, 9.17) is 11.6 Å². The van der Waals surface area contributed by atoms with Gasteiger partial charge in [0, 0.05) is 30.3 Å². The molecule has 1 aromatic rings. The minimum Gasteiger partial charge on any atom is -0.243 e. The van der Waals surface area contributed by atoms with Crippen molar-refractivity contribution in [1.82, 2.24) is 9.29 Å². The number of rotatable bonds is 3. The first kappa shape index (κ1) is 14.1. The number of halogens is 1. The average Bonchev–Trinajstić information content (AvgIpc) is 2.39. The van der Waals surface area contributed by atoms with Gasteiger partial charge in [-0.05, 0) is 18.6 Å². The molecule has 1 aliphatic rings. The van der Waals surface area contributed by atoms with Crippen LogP contribution < -0.4 is 0 Å². The van der Waals surface area contributed by atoms with Gasteiger partial charge in [-0.3, -0.25) is 0 Å². The minimum absolute atomic E-state index is 0.216. The number of hydrogen-bond acceptors (Lipinski definition) is 4. The summed E-state index contributed by atoms with van der Waals surface area (Å²) in [6.07, 6.45) is 2.30. The third kappa shape index (κ3) is 2.99. The molecule has 1 unspecified atom stereocenters. The quantitative estimate of drug-likeness (QED) is 0.804. The summed E-state index contributed by atoms with van der Waals surface area (Å²) in [5, 5.41) is 0.684. The fourth-order valence-corrected chi connectivity index (χ4v) is 4.76. The van der Waals surface area contributed by atoms with Crippen molar-refractivity contribution in [3.63, 3.8) is 0 Å². The largest absolute Gasteiger partial charge is 0.244 e. The smallest absolute Gasteiger partial charge is 0.243 e. The van der Waals surface area contributed by atoms with Crippen LogP contribution in [0.2, 0.25) is 5.15 Å². The van der Waals surface area contributed by atoms with E-state index in [1.807, 2.05) is 11.8 Å². The molecule has 100 valence electrons. The van der Waals surface area contributed by atoms with Gasteiger partial charge in [0.1, 0.15) is 10.0 Å². The molecule has 0 saturated carbocycles. The Hall–Kier alpha value is -0.300. The van der Waals surface area contributed by atoms with E-state index < -0.39 is 10.0 Å². The molecule has 4 nitrogen and oxygen atoms in total. The molecule has 0 amide bonds. The summed E-state index contributed by atoms with van der Waals surface area (Å²) in [5.74, 6) is 0.846. The van der Waals surface area contributed by atoms with Crippen LogP contribution in [0.15, 0.2) is 23.2 Å². The summed E-state index contributed by atoms with van der Waals surface area (Å²) >= 11 is 7.51. The highest BCUT2D eigenvalue weighted by Gasteiger charge is 2.30. The Morgan fingerprint density at radius 3 is 2.94 bits per heavy atom. The van der Waals surface area contributed by atoms with E-state index in [-0.39, 0.29) is 4.90 Å². The molecular formula is C11H15ClN2O2S2. The number of sulfonamides is 1. The Labute approximate surface area is 117 Å². The summed E-state index contributed by atoms with van der Waals surface area (Å²) in [7, 11) is -3.42. The second-order valence-electron chi connectivity index (χ2n) is 4.08. The number of pyridine rings is 1. The summed E-state index contributed by atoms with van der Waals surface area (Å²) in [4.78, 5) is 4.05.